The summed E-state index contributed by atoms with van der Waals surface area (Å²) >= 11 is 3.43. The maximum Gasteiger partial charge on any atom is 0.439 e. The largest absolute Gasteiger partial charge is 0.493 e. The number of nitrogens with zero attached hydrogens (tertiary/aromatic N) is 1. The van der Waals surface area contributed by atoms with Crippen LogP contribution in [0.1, 0.15) is 23.7 Å². The van der Waals surface area contributed by atoms with E-state index in [2.05, 4.69) is 35.9 Å². The molecule has 146 valence electrons. The molecule has 1 amide bonds. The first-order chi connectivity index (χ1) is 13.5. The van der Waals surface area contributed by atoms with E-state index in [1.807, 2.05) is 6.92 Å². The average molecular weight is 448 g/mol. The summed E-state index contributed by atoms with van der Waals surface area (Å²) in [6.07, 6.45) is 0.852. The van der Waals surface area contributed by atoms with Crippen LogP contribution in [0.3, 0.4) is 0 Å². The molecule has 28 heavy (non-hydrogen) atoms. The lowest BCUT2D eigenvalue weighted by Crippen LogP contribution is -2.12. The number of hydrogen-bond donors (Lipinski definition) is 2. The average Bonchev–Trinajstić information content (AvgIpc) is 3.13. The Labute approximate surface area is 169 Å². The molecule has 0 spiro atoms. The number of halogens is 1. The number of amides is 1. The van der Waals surface area contributed by atoms with Gasteiger partial charge in [0.05, 0.1) is 18.2 Å². The van der Waals surface area contributed by atoms with Crippen LogP contribution in [0, 0.1) is 0 Å². The molecule has 0 fully saturated rings. The number of benzene rings is 2. The number of carbonyl (C=O) groups is 1. The molecule has 9 heteroatoms. The number of rotatable bonds is 7. The molecule has 1 aromatic heterocycles. The summed E-state index contributed by atoms with van der Waals surface area (Å²) in [4.78, 5) is 26.3. The molecule has 0 saturated heterocycles. The van der Waals surface area contributed by atoms with E-state index in [9.17, 15) is 9.59 Å². The van der Waals surface area contributed by atoms with Crippen molar-refractivity contribution in [2.45, 2.75) is 13.3 Å². The molecule has 0 bridgehead atoms. The van der Waals surface area contributed by atoms with Crippen LogP contribution in [0.25, 0.3) is 11.4 Å². The lowest BCUT2D eigenvalue weighted by Gasteiger charge is -2.14. The Kier molecular flexibility index (Phi) is 6.15. The van der Waals surface area contributed by atoms with E-state index in [0.717, 1.165) is 6.42 Å². The maximum absolute atomic E-state index is 12.7. The quantitative estimate of drug-likeness (QED) is 0.569. The summed E-state index contributed by atoms with van der Waals surface area (Å²) in [6, 6.07) is 10.2. The number of anilines is 1. The lowest BCUT2D eigenvalue weighted by atomic mass is 10.1. The molecular formula is C19H18BrN3O5. The molecule has 3 rings (SSSR count). The first kappa shape index (κ1) is 19.7. The number of methoxy groups -OCH3 is 1. The monoisotopic (exact) mass is 447 g/mol. The normalized spacial score (nSPS) is 10.5. The Morgan fingerprint density at radius 1 is 1.32 bits per heavy atom. The van der Waals surface area contributed by atoms with E-state index in [0.29, 0.717) is 39.4 Å². The Bertz CT molecular complexity index is 1040. The first-order valence-corrected chi connectivity index (χ1v) is 9.29. The van der Waals surface area contributed by atoms with Crippen molar-refractivity contribution in [1.29, 1.82) is 0 Å². The molecule has 2 aromatic carbocycles. The second-order valence-electron chi connectivity index (χ2n) is 5.82. The SMILES string of the molecule is CCCOc1c(Br)cc(C(=O)Nc2cccc(-c3noc(=O)[nH]3)c2)cc1OC. The third-order valence-corrected chi connectivity index (χ3v) is 4.37. The van der Waals surface area contributed by atoms with Crippen molar-refractivity contribution in [2.75, 3.05) is 19.0 Å². The van der Waals surface area contributed by atoms with Crippen molar-refractivity contribution >= 4 is 27.5 Å². The highest BCUT2D eigenvalue weighted by Crippen LogP contribution is 2.37. The zero-order valence-electron chi connectivity index (χ0n) is 15.2. The van der Waals surface area contributed by atoms with Gasteiger partial charge in [0.25, 0.3) is 5.91 Å². The Morgan fingerprint density at radius 3 is 2.82 bits per heavy atom. The van der Waals surface area contributed by atoms with Crippen LogP contribution in [0.2, 0.25) is 0 Å². The summed E-state index contributed by atoms with van der Waals surface area (Å²) in [7, 11) is 1.52. The molecule has 2 N–H and O–H groups in total. The van der Waals surface area contributed by atoms with Crippen LogP contribution in [-0.2, 0) is 0 Å². The van der Waals surface area contributed by atoms with E-state index in [-0.39, 0.29) is 11.7 Å². The van der Waals surface area contributed by atoms with Crippen molar-refractivity contribution in [3.63, 3.8) is 0 Å². The molecule has 0 aliphatic rings. The van der Waals surface area contributed by atoms with Gasteiger partial charge >= 0.3 is 5.76 Å². The molecule has 0 atom stereocenters. The van der Waals surface area contributed by atoms with Gasteiger partial charge in [0, 0.05) is 16.8 Å². The number of nitrogens with one attached hydrogen (secondary N) is 2. The molecule has 0 unspecified atom stereocenters. The van der Waals surface area contributed by atoms with Gasteiger partial charge in [-0.2, -0.15) is 0 Å². The fraction of sp³-hybridized carbons (Fsp3) is 0.211. The summed E-state index contributed by atoms with van der Waals surface area (Å²) in [6.45, 7) is 2.54. The number of carbonyl (C=O) groups excluding carboxylic acids is 1. The minimum Gasteiger partial charge on any atom is -0.493 e. The molecule has 0 aliphatic carbocycles. The first-order valence-electron chi connectivity index (χ1n) is 8.50. The maximum atomic E-state index is 12.7. The van der Waals surface area contributed by atoms with Gasteiger partial charge in [0.1, 0.15) is 0 Å². The fourth-order valence-corrected chi connectivity index (χ4v) is 3.05. The predicted octanol–water partition coefficient (Wildman–Crippen LogP) is 3.84. The van der Waals surface area contributed by atoms with Crippen molar-refractivity contribution in [2.24, 2.45) is 0 Å². The van der Waals surface area contributed by atoms with E-state index in [4.69, 9.17) is 9.47 Å². The lowest BCUT2D eigenvalue weighted by molar-refractivity contribution is 0.102. The van der Waals surface area contributed by atoms with Crippen LogP contribution in [0.4, 0.5) is 5.69 Å². The van der Waals surface area contributed by atoms with Gasteiger partial charge in [0.2, 0.25) is 0 Å². The Balaban J connectivity index is 1.83. The van der Waals surface area contributed by atoms with Crippen LogP contribution in [0.15, 0.2) is 50.2 Å². The van der Waals surface area contributed by atoms with E-state index < -0.39 is 5.76 Å². The minimum atomic E-state index is -0.647. The van der Waals surface area contributed by atoms with Gasteiger partial charge in [-0.05, 0) is 46.6 Å². The minimum absolute atomic E-state index is 0.280. The molecule has 0 radical (unpaired) electrons. The highest BCUT2D eigenvalue weighted by molar-refractivity contribution is 9.10. The zero-order valence-corrected chi connectivity index (χ0v) is 16.8. The summed E-state index contributed by atoms with van der Waals surface area (Å²) in [5, 5.41) is 6.45. The standard InChI is InChI=1S/C19H18BrN3O5/c1-3-7-27-16-14(20)9-12(10-15(16)26-2)18(24)21-13-6-4-5-11(8-13)17-22-19(25)28-23-17/h4-6,8-10H,3,7H2,1-2H3,(H,21,24)(H,22,23,25). The number of H-pyrrole nitrogens is 1. The third-order valence-electron chi connectivity index (χ3n) is 3.78. The second kappa shape index (κ2) is 8.75. The summed E-state index contributed by atoms with van der Waals surface area (Å²) < 4.78 is 16.2. The fourth-order valence-electron chi connectivity index (χ4n) is 2.50. The van der Waals surface area contributed by atoms with Crippen molar-refractivity contribution in [3.8, 4) is 22.9 Å². The number of aromatic nitrogens is 2. The van der Waals surface area contributed by atoms with E-state index in [1.165, 1.54) is 7.11 Å². The van der Waals surface area contributed by atoms with E-state index in [1.54, 1.807) is 36.4 Å². The molecule has 0 aliphatic heterocycles. The number of ether oxygens (including phenoxy) is 2. The highest BCUT2D eigenvalue weighted by Gasteiger charge is 2.16. The smallest absolute Gasteiger partial charge is 0.439 e. The molecular weight excluding hydrogens is 430 g/mol. The van der Waals surface area contributed by atoms with Crippen molar-refractivity contribution in [3.05, 3.63) is 57.0 Å². The highest BCUT2D eigenvalue weighted by atomic mass is 79.9. The Hall–Kier alpha value is -3.07. The van der Waals surface area contributed by atoms with Crippen LogP contribution in [-0.4, -0.2) is 29.8 Å². The molecule has 1 heterocycles. The van der Waals surface area contributed by atoms with Crippen LogP contribution >= 0.6 is 15.9 Å². The Morgan fingerprint density at radius 2 is 2.14 bits per heavy atom. The van der Waals surface area contributed by atoms with Gasteiger partial charge in [-0.15, -0.1) is 0 Å². The second-order valence-corrected chi connectivity index (χ2v) is 6.67. The van der Waals surface area contributed by atoms with Crippen molar-refractivity contribution < 1.29 is 18.8 Å². The van der Waals surface area contributed by atoms with Gasteiger partial charge in [-0.25, -0.2) is 4.79 Å². The van der Waals surface area contributed by atoms with Gasteiger partial charge in [-0.3, -0.25) is 14.3 Å². The summed E-state index contributed by atoms with van der Waals surface area (Å²) in [5.41, 5.74) is 1.53. The van der Waals surface area contributed by atoms with E-state index >= 15 is 0 Å². The van der Waals surface area contributed by atoms with Gasteiger partial charge < -0.3 is 14.8 Å². The summed E-state index contributed by atoms with van der Waals surface area (Å²) in [5.74, 6) is 0.321. The zero-order chi connectivity index (χ0) is 20.1. The van der Waals surface area contributed by atoms with Gasteiger partial charge in [0.15, 0.2) is 17.3 Å². The molecule has 0 saturated carbocycles. The van der Waals surface area contributed by atoms with Crippen LogP contribution < -0.4 is 20.5 Å². The predicted molar refractivity (Wildman–Crippen MR) is 107 cm³/mol. The molecule has 8 nitrogen and oxygen atoms in total. The number of aromatic amines is 1. The third kappa shape index (κ3) is 4.42. The topological polar surface area (TPSA) is 106 Å². The van der Waals surface area contributed by atoms with Crippen molar-refractivity contribution in [1.82, 2.24) is 10.1 Å². The van der Waals surface area contributed by atoms with Crippen LogP contribution in [0.5, 0.6) is 11.5 Å². The number of hydrogen-bond acceptors (Lipinski definition) is 6. The molecule has 3 aromatic rings. The van der Waals surface area contributed by atoms with Gasteiger partial charge in [-0.1, -0.05) is 24.2 Å².